The summed E-state index contributed by atoms with van der Waals surface area (Å²) < 4.78 is 36.0. The summed E-state index contributed by atoms with van der Waals surface area (Å²) in [7, 11) is -4.71. The summed E-state index contributed by atoms with van der Waals surface area (Å²) in [5.41, 5.74) is 0.685. The van der Waals surface area contributed by atoms with Gasteiger partial charge >= 0.3 is 35.5 Å². The predicted octanol–water partition coefficient (Wildman–Crippen LogP) is 6.19. The van der Waals surface area contributed by atoms with Gasteiger partial charge in [-0.15, -0.1) is 0 Å². The van der Waals surface area contributed by atoms with E-state index in [4.69, 9.17) is 0 Å². The van der Waals surface area contributed by atoms with Crippen LogP contribution in [0.1, 0.15) is 184 Å². The second-order valence-corrected chi connectivity index (χ2v) is 25.9. The third-order valence-electron chi connectivity index (χ3n) is 22.2. The van der Waals surface area contributed by atoms with Gasteiger partial charge < -0.3 is 30.1 Å². The molecule has 8 aliphatic carbocycles. The van der Waals surface area contributed by atoms with E-state index in [9.17, 15) is 48.1 Å². The van der Waals surface area contributed by atoms with Gasteiger partial charge in [0.25, 0.3) is 0 Å². The molecule has 0 aromatic carbocycles. The first-order valence-corrected chi connectivity index (χ1v) is 27.8. The third-order valence-corrected chi connectivity index (χ3v) is 22.6. The first kappa shape index (κ1) is 55.2. The number of aliphatic hydroxyl groups is 4. The van der Waals surface area contributed by atoms with E-state index >= 15 is 0 Å². The van der Waals surface area contributed by atoms with Crippen LogP contribution in [0.4, 0.5) is 0 Å². The van der Waals surface area contributed by atoms with Crippen LogP contribution in [-0.4, -0.2) is 81.3 Å². The second kappa shape index (κ2) is 21.1. The normalized spacial score (nSPS) is 48.0. The van der Waals surface area contributed by atoms with E-state index in [2.05, 4.69) is 59.6 Å². The molecule has 13 heteroatoms. The summed E-state index contributed by atoms with van der Waals surface area (Å²) in [6.07, 6.45) is 16.7. The van der Waals surface area contributed by atoms with E-state index < -0.39 is 16.4 Å². The van der Waals surface area contributed by atoms with Crippen molar-refractivity contribution in [2.45, 2.75) is 208 Å². The maximum absolute atomic E-state index is 12.6. The Balaban J connectivity index is 0.000000220. The van der Waals surface area contributed by atoms with Gasteiger partial charge in [0.1, 0.15) is 5.78 Å². The van der Waals surface area contributed by atoms with Gasteiger partial charge in [-0.3, -0.25) is 13.8 Å². The Morgan fingerprint density at radius 2 is 1.02 bits per heavy atom. The summed E-state index contributed by atoms with van der Waals surface area (Å²) in [5, 5.41) is 53.7. The van der Waals surface area contributed by atoms with Crippen molar-refractivity contribution in [3.63, 3.8) is 0 Å². The van der Waals surface area contributed by atoms with Crippen LogP contribution in [0.3, 0.4) is 0 Å². The fourth-order valence-corrected chi connectivity index (χ4v) is 19.6. The van der Waals surface area contributed by atoms with Gasteiger partial charge in [-0.25, -0.2) is 8.42 Å². The average Bonchev–Trinajstić information content (AvgIpc) is 3.77. The van der Waals surface area contributed by atoms with Crippen LogP contribution in [0.25, 0.3) is 0 Å². The van der Waals surface area contributed by atoms with Gasteiger partial charge in [0.15, 0.2) is 0 Å². The number of carboxylic acids is 1. The first-order chi connectivity index (χ1) is 30.4. The minimum Gasteiger partial charge on any atom is -0.726 e. The molecular weight excluding hydrogens is 868 g/mol. The topological polar surface area (TPSA) is 202 Å². The summed E-state index contributed by atoms with van der Waals surface area (Å²) >= 11 is 0. The molecule has 6 unspecified atom stereocenters. The standard InChI is InChI=1S/C28H48O7S.C25H42O4.Na/c1-5-20-24-16-19(30)10-12-28(24,4)23-11-13-27(3)21(8-9-22(27)25(23)26(20)31)17(2)15-18(29)7-6-14-35-36(32,33)34;1-5-16-20-13-15(26)8-10-25(20,4)19-9-11-24(3)17(14(2)12-21(27)28)6-7-18(24)22(19)23(16)29;/h17,19-26,30-31H,5-16H2,1-4H3,(H,32,33,34);14-20,22-23,26,29H,5-13H2,1-4H3,(H,27,28);/q;;+1/p-1/t17-,19-,20-,21-,22?,23?,24+,25?,26-,27-,28-;14-,15-,16-,17-,18?,19?,20+,22?,23-,24-,25-;/m11./s1. The zero-order valence-corrected chi connectivity index (χ0v) is 45.2. The van der Waals surface area contributed by atoms with Crippen LogP contribution < -0.4 is 29.6 Å². The Morgan fingerprint density at radius 3 is 1.41 bits per heavy atom. The van der Waals surface area contributed by atoms with Crippen molar-refractivity contribution in [2.75, 3.05) is 6.61 Å². The molecule has 0 aromatic rings. The van der Waals surface area contributed by atoms with E-state index in [-0.39, 0.29) is 131 Å². The number of aliphatic hydroxyl groups excluding tert-OH is 4. The molecule has 8 fully saturated rings. The summed E-state index contributed by atoms with van der Waals surface area (Å²) in [6, 6.07) is 0. The molecule has 0 bridgehead atoms. The van der Waals surface area contributed by atoms with Crippen molar-refractivity contribution < 1.29 is 81.8 Å². The summed E-state index contributed by atoms with van der Waals surface area (Å²) in [4.78, 5) is 24.0. The van der Waals surface area contributed by atoms with E-state index in [0.717, 1.165) is 96.3 Å². The fraction of sp³-hybridized carbons (Fsp3) is 0.962. The van der Waals surface area contributed by atoms with Crippen molar-refractivity contribution in [3.8, 4) is 0 Å². The van der Waals surface area contributed by atoms with E-state index in [1.807, 2.05) is 0 Å². The molecule has 0 heterocycles. The van der Waals surface area contributed by atoms with E-state index in [0.29, 0.717) is 65.6 Å². The van der Waals surface area contributed by atoms with Crippen molar-refractivity contribution in [1.82, 2.24) is 0 Å². The number of ketones is 1. The molecule has 374 valence electrons. The molecule has 0 radical (unpaired) electrons. The number of hydrogen-bond acceptors (Lipinski definition) is 10. The largest absolute Gasteiger partial charge is 1.00 e. The first-order valence-electron chi connectivity index (χ1n) is 26.5. The van der Waals surface area contributed by atoms with Crippen LogP contribution >= 0.6 is 0 Å². The smallest absolute Gasteiger partial charge is 0.726 e. The molecule has 8 rings (SSSR count). The molecule has 5 N–H and O–H groups in total. The van der Waals surface area contributed by atoms with Crippen LogP contribution in [0, 0.1) is 105 Å². The molecule has 22 atom stereocenters. The molecule has 0 saturated heterocycles. The van der Waals surface area contributed by atoms with Gasteiger partial charge in [0.2, 0.25) is 10.4 Å². The molecule has 0 amide bonds. The van der Waals surface area contributed by atoms with Crippen LogP contribution in [0.15, 0.2) is 0 Å². The van der Waals surface area contributed by atoms with E-state index in [1.165, 1.54) is 6.42 Å². The Labute approximate surface area is 420 Å². The maximum atomic E-state index is 12.6. The molecule has 0 aromatic heterocycles. The number of carbonyl (C=O) groups excluding carboxylic acids is 1. The van der Waals surface area contributed by atoms with Gasteiger partial charge in [0.05, 0.1) is 31.0 Å². The fourth-order valence-electron chi connectivity index (χ4n) is 19.3. The Morgan fingerprint density at radius 1 is 0.621 bits per heavy atom. The summed E-state index contributed by atoms with van der Waals surface area (Å²) in [5.74, 6) is 4.73. The molecule has 11 nitrogen and oxygen atoms in total. The number of rotatable bonds is 13. The minimum atomic E-state index is -4.71. The minimum absolute atomic E-state index is 0. The Kier molecular flexibility index (Phi) is 17.7. The Hall–Kier alpha value is -0.150. The zero-order chi connectivity index (χ0) is 47.6. The van der Waals surface area contributed by atoms with Crippen molar-refractivity contribution in [2.24, 2.45) is 105 Å². The average molecular weight is 957 g/mol. The van der Waals surface area contributed by atoms with Crippen LogP contribution in [-0.2, 0) is 24.2 Å². The zero-order valence-electron chi connectivity index (χ0n) is 42.3. The second-order valence-electron chi connectivity index (χ2n) is 24.9. The van der Waals surface area contributed by atoms with Crippen molar-refractivity contribution in [3.05, 3.63) is 0 Å². The molecule has 0 spiro atoms. The number of carboxylic acid groups (broad SMARTS) is 1. The van der Waals surface area contributed by atoms with Crippen LogP contribution in [0.2, 0.25) is 0 Å². The van der Waals surface area contributed by atoms with Crippen molar-refractivity contribution >= 4 is 22.2 Å². The third kappa shape index (κ3) is 10.1. The number of fused-ring (bicyclic) bond motifs is 10. The van der Waals surface area contributed by atoms with Gasteiger partial charge in [-0.05, 0) is 201 Å². The molecule has 8 saturated carbocycles. The molecular formula is C53H89NaO11S. The quantitative estimate of drug-likeness (QED) is 0.0610. The number of Topliss-reactive ketones (excluding diaryl/α,β-unsaturated/α-hetero) is 1. The predicted molar refractivity (Wildman–Crippen MR) is 249 cm³/mol. The Bertz CT molecular complexity index is 1800. The molecule has 0 aliphatic heterocycles. The van der Waals surface area contributed by atoms with Gasteiger partial charge in [-0.2, -0.15) is 0 Å². The number of aliphatic carboxylic acids is 1. The van der Waals surface area contributed by atoms with E-state index in [1.54, 1.807) is 0 Å². The number of carbonyl (C=O) groups is 2. The maximum Gasteiger partial charge on any atom is 1.00 e. The SMILES string of the molecule is CC[C@H]1[C@@H](O)C2C3CC[C@H]([C@H](C)CC(=O)CCCOS(=O)(=O)[O-])[C@@]3(C)CCC2[C@@]2(C)CC[C@@H](O)C[C@@H]12.CC[C@H]1[C@@H](O)C2C3CC[C@H]([C@H](C)CC(=O)O)[C@@]3(C)CCC2[C@@]2(C)CC[C@@H](O)C[C@@H]12.[Na+]. The number of hydrogen-bond donors (Lipinski definition) is 5. The van der Waals surface area contributed by atoms with Crippen molar-refractivity contribution in [1.29, 1.82) is 0 Å². The molecule has 66 heavy (non-hydrogen) atoms. The van der Waals surface area contributed by atoms with Gasteiger partial charge in [-0.1, -0.05) is 68.2 Å². The monoisotopic (exact) mass is 957 g/mol. The van der Waals surface area contributed by atoms with Crippen LogP contribution in [0.5, 0.6) is 0 Å². The molecule has 8 aliphatic rings. The van der Waals surface area contributed by atoms with Gasteiger partial charge in [0, 0.05) is 19.3 Å². The summed E-state index contributed by atoms with van der Waals surface area (Å²) in [6.45, 7) is 18.2.